The van der Waals surface area contributed by atoms with Gasteiger partial charge in [-0.2, -0.15) is 4.98 Å². The zero-order valence-corrected chi connectivity index (χ0v) is 9.66. The molecule has 2 aromatic rings. The zero-order valence-electron chi connectivity index (χ0n) is 9.66. The first-order chi connectivity index (χ1) is 7.70. The van der Waals surface area contributed by atoms with E-state index >= 15 is 0 Å². The molecule has 1 aromatic heterocycles. The van der Waals surface area contributed by atoms with Crippen molar-refractivity contribution in [1.82, 2.24) is 4.98 Å². The highest BCUT2D eigenvalue weighted by Crippen LogP contribution is 2.24. The second-order valence-corrected chi connectivity index (χ2v) is 4.05. The Hall–Kier alpha value is -1.71. The summed E-state index contributed by atoms with van der Waals surface area (Å²) in [6.45, 7) is 4.27. The van der Waals surface area contributed by atoms with Gasteiger partial charge in [0.05, 0.1) is 5.69 Å². The lowest BCUT2D eigenvalue weighted by atomic mass is 10.2. The molecular weight excluding hydrogens is 202 g/mol. The average Bonchev–Trinajstić information content (AvgIpc) is 2.62. The van der Waals surface area contributed by atoms with Crippen molar-refractivity contribution in [2.45, 2.75) is 32.7 Å². The number of oxazole rings is 1. The highest BCUT2D eigenvalue weighted by molar-refractivity contribution is 5.86. The van der Waals surface area contributed by atoms with Crippen LogP contribution in [0, 0.1) is 0 Å². The van der Waals surface area contributed by atoms with Gasteiger partial charge in [-0.3, -0.25) is 0 Å². The average molecular weight is 219 g/mol. The molecule has 4 nitrogen and oxygen atoms in total. The number of hydrogen-bond donors (Lipinski definition) is 2. The Morgan fingerprint density at radius 3 is 3.00 bits per heavy atom. The first-order valence-electron chi connectivity index (χ1n) is 5.62. The third kappa shape index (κ3) is 2.10. The van der Waals surface area contributed by atoms with Gasteiger partial charge in [-0.15, -0.1) is 0 Å². The monoisotopic (exact) mass is 219 g/mol. The van der Waals surface area contributed by atoms with Crippen LogP contribution in [0.15, 0.2) is 22.6 Å². The van der Waals surface area contributed by atoms with Crippen molar-refractivity contribution in [2.75, 3.05) is 11.1 Å². The Morgan fingerprint density at radius 1 is 1.50 bits per heavy atom. The molecule has 4 heteroatoms. The molecule has 16 heavy (non-hydrogen) atoms. The molecule has 0 saturated carbocycles. The van der Waals surface area contributed by atoms with E-state index in [1.807, 2.05) is 18.2 Å². The van der Waals surface area contributed by atoms with Gasteiger partial charge in [0.25, 0.3) is 6.01 Å². The number of nitrogens with zero attached hydrogens (tertiary/aromatic N) is 1. The Balaban J connectivity index is 2.23. The number of nitrogens with one attached hydrogen (secondary N) is 1. The normalized spacial score (nSPS) is 12.9. The minimum absolute atomic E-state index is 0.360. The van der Waals surface area contributed by atoms with E-state index in [2.05, 4.69) is 24.1 Å². The van der Waals surface area contributed by atoms with Crippen molar-refractivity contribution in [3.05, 3.63) is 18.2 Å². The van der Waals surface area contributed by atoms with Crippen LogP contribution in [0.3, 0.4) is 0 Å². The Bertz CT molecular complexity index is 478. The summed E-state index contributed by atoms with van der Waals surface area (Å²) >= 11 is 0. The lowest BCUT2D eigenvalue weighted by Gasteiger charge is -2.09. The molecule has 0 saturated heterocycles. The van der Waals surface area contributed by atoms with Crippen LogP contribution in [0.1, 0.15) is 26.7 Å². The van der Waals surface area contributed by atoms with Gasteiger partial charge in [0, 0.05) is 6.04 Å². The van der Waals surface area contributed by atoms with Gasteiger partial charge in [0.15, 0.2) is 5.58 Å². The van der Waals surface area contributed by atoms with Crippen LogP contribution in [-0.4, -0.2) is 11.0 Å². The highest BCUT2D eigenvalue weighted by atomic mass is 16.4. The van der Waals surface area contributed by atoms with Crippen molar-refractivity contribution in [2.24, 2.45) is 0 Å². The minimum atomic E-state index is 0.360. The lowest BCUT2D eigenvalue weighted by Crippen LogP contribution is -2.14. The molecule has 0 amide bonds. The predicted molar refractivity (Wildman–Crippen MR) is 66.4 cm³/mol. The molecule has 0 aliphatic rings. The van der Waals surface area contributed by atoms with Gasteiger partial charge < -0.3 is 15.5 Å². The molecule has 0 radical (unpaired) electrons. The number of nitrogens with two attached hydrogens (primary N) is 1. The number of hydrogen-bond acceptors (Lipinski definition) is 4. The van der Waals surface area contributed by atoms with Gasteiger partial charge in [-0.1, -0.05) is 19.4 Å². The summed E-state index contributed by atoms with van der Waals surface area (Å²) in [7, 11) is 0. The quantitative estimate of drug-likeness (QED) is 0.776. The first-order valence-corrected chi connectivity index (χ1v) is 5.62. The van der Waals surface area contributed by atoms with E-state index in [0.29, 0.717) is 17.7 Å². The van der Waals surface area contributed by atoms with Crippen LogP contribution in [0.4, 0.5) is 11.7 Å². The molecule has 1 heterocycles. The summed E-state index contributed by atoms with van der Waals surface area (Å²) in [4.78, 5) is 4.33. The smallest absolute Gasteiger partial charge is 0.295 e. The SMILES string of the molecule is CCCC(C)Nc1nc2c(N)cccc2o1. The maximum absolute atomic E-state index is 5.81. The molecule has 0 fully saturated rings. The Kier molecular flexibility index (Phi) is 2.99. The van der Waals surface area contributed by atoms with Gasteiger partial charge in [0.1, 0.15) is 5.52 Å². The van der Waals surface area contributed by atoms with Crippen molar-refractivity contribution < 1.29 is 4.42 Å². The fraction of sp³-hybridized carbons (Fsp3) is 0.417. The van der Waals surface area contributed by atoms with Crippen molar-refractivity contribution in [3.8, 4) is 0 Å². The van der Waals surface area contributed by atoms with Crippen LogP contribution in [0.2, 0.25) is 0 Å². The summed E-state index contributed by atoms with van der Waals surface area (Å²) in [5, 5.41) is 3.23. The zero-order chi connectivity index (χ0) is 11.5. The topological polar surface area (TPSA) is 64.1 Å². The fourth-order valence-corrected chi connectivity index (χ4v) is 1.75. The molecule has 3 N–H and O–H groups in total. The van der Waals surface area contributed by atoms with Gasteiger partial charge in [-0.05, 0) is 25.5 Å². The molecule has 1 atom stereocenters. The van der Waals surface area contributed by atoms with Crippen LogP contribution >= 0.6 is 0 Å². The van der Waals surface area contributed by atoms with E-state index in [9.17, 15) is 0 Å². The largest absolute Gasteiger partial charge is 0.423 e. The van der Waals surface area contributed by atoms with E-state index in [0.717, 1.165) is 23.9 Å². The number of aromatic nitrogens is 1. The summed E-state index contributed by atoms with van der Waals surface area (Å²) in [5.74, 6) is 0. The number of anilines is 2. The molecule has 0 aliphatic heterocycles. The molecule has 1 aromatic carbocycles. The van der Waals surface area contributed by atoms with Crippen molar-refractivity contribution in [3.63, 3.8) is 0 Å². The second-order valence-electron chi connectivity index (χ2n) is 4.05. The number of fused-ring (bicyclic) bond motifs is 1. The van der Waals surface area contributed by atoms with E-state index in [1.165, 1.54) is 0 Å². The summed E-state index contributed by atoms with van der Waals surface area (Å²) in [6, 6.07) is 6.47. The summed E-state index contributed by atoms with van der Waals surface area (Å²) in [6.07, 6.45) is 2.23. The number of benzene rings is 1. The van der Waals surface area contributed by atoms with Gasteiger partial charge in [0.2, 0.25) is 0 Å². The van der Waals surface area contributed by atoms with E-state index in [1.54, 1.807) is 0 Å². The van der Waals surface area contributed by atoms with Crippen molar-refractivity contribution >= 4 is 22.8 Å². The van der Waals surface area contributed by atoms with Crippen molar-refractivity contribution in [1.29, 1.82) is 0 Å². The molecular formula is C12H17N3O. The highest BCUT2D eigenvalue weighted by Gasteiger charge is 2.09. The summed E-state index contributed by atoms with van der Waals surface area (Å²) < 4.78 is 5.56. The Labute approximate surface area is 94.8 Å². The maximum atomic E-state index is 5.81. The number of rotatable bonds is 4. The third-order valence-electron chi connectivity index (χ3n) is 2.54. The van der Waals surface area contributed by atoms with Gasteiger partial charge >= 0.3 is 0 Å². The lowest BCUT2D eigenvalue weighted by molar-refractivity contribution is 0.587. The van der Waals surface area contributed by atoms with Crippen LogP contribution < -0.4 is 11.1 Å². The molecule has 0 spiro atoms. The maximum Gasteiger partial charge on any atom is 0.295 e. The third-order valence-corrected chi connectivity index (χ3v) is 2.54. The molecule has 0 bridgehead atoms. The molecule has 1 unspecified atom stereocenters. The van der Waals surface area contributed by atoms with E-state index in [4.69, 9.17) is 10.2 Å². The minimum Gasteiger partial charge on any atom is -0.423 e. The van der Waals surface area contributed by atoms with Gasteiger partial charge in [-0.25, -0.2) is 0 Å². The number of para-hydroxylation sites is 1. The van der Waals surface area contributed by atoms with E-state index < -0.39 is 0 Å². The van der Waals surface area contributed by atoms with Crippen LogP contribution in [0.25, 0.3) is 11.1 Å². The molecule has 0 aliphatic carbocycles. The van der Waals surface area contributed by atoms with E-state index in [-0.39, 0.29) is 0 Å². The first kappa shape index (κ1) is 10.8. The standard InChI is InChI=1S/C12H17N3O/c1-3-5-8(2)14-12-15-11-9(13)6-4-7-10(11)16-12/h4,6-8H,3,5,13H2,1-2H3,(H,14,15). The second kappa shape index (κ2) is 4.43. The Morgan fingerprint density at radius 2 is 2.31 bits per heavy atom. The number of nitrogen functional groups attached to an aromatic ring is 1. The molecule has 86 valence electrons. The van der Waals surface area contributed by atoms with Crippen LogP contribution in [-0.2, 0) is 0 Å². The fourth-order valence-electron chi connectivity index (χ4n) is 1.75. The summed E-state index contributed by atoms with van der Waals surface area (Å²) in [5.41, 5.74) is 7.92. The predicted octanol–water partition coefficient (Wildman–Crippen LogP) is 3.01. The molecule has 2 rings (SSSR count). The van der Waals surface area contributed by atoms with Crippen LogP contribution in [0.5, 0.6) is 0 Å².